The molecule has 118 valence electrons. The van der Waals surface area contributed by atoms with E-state index in [-0.39, 0.29) is 0 Å². The summed E-state index contributed by atoms with van der Waals surface area (Å²) in [4.78, 5) is 4.88. The lowest BCUT2D eigenvalue weighted by Gasteiger charge is -2.34. The molecule has 3 rings (SSSR count). The molecule has 4 heteroatoms. The van der Waals surface area contributed by atoms with Crippen LogP contribution in [-0.2, 0) is 11.3 Å². The summed E-state index contributed by atoms with van der Waals surface area (Å²) in [7, 11) is 2.17. The molecule has 0 N–H and O–H groups in total. The lowest BCUT2D eigenvalue weighted by molar-refractivity contribution is -0.0372. The smallest absolute Gasteiger partial charge is 0.0991 e. The molecule has 2 fully saturated rings. The van der Waals surface area contributed by atoms with Gasteiger partial charge in [0.25, 0.3) is 0 Å². The fraction of sp³-hybridized carbons (Fsp3) is 0.611. The summed E-state index contributed by atoms with van der Waals surface area (Å²) in [5, 5.41) is 8.90. The number of hydrogen-bond acceptors (Lipinski definition) is 4. The highest BCUT2D eigenvalue weighted by Gasteiger charge is 2.27. The molecule has 2 aliphatic rings. The summed E-state index contributed by atoms with van der Waals surface area (Å²) in [6.45, 7) is 6.02. The van der Waals surface area contributed by atoms with Crippen LogP contribution in [0, 0.1) is 17.2 Å². The number of nitriles is 1. The molecular formula is C18H25N3O. The Labute approximate surface area is 133 Å². The molecule has 1 heterocycles. The van der Waals surface area contributed by atoms with Crippen LogP contribution in [0.3, 0.4) is 0 Å². The molecule has 1 aromatic rings. The van der Waals surface area contributed by atoms with E-state index < -0.39 is 0 Å². The van der Waals surface area contributed by atoms with E-state index in [1.807, 2.05) is 12.1 Å². The van der Waals surface area contributed by atoms with Gasteiger partial charge in [-0.1, -0.05) is 12.1 Å². The van der Waals surface area contributed by atoms with Crippen LogP contribution in [-0.4, -0.2) is 55.7 Å². The topological polar surface area (TPSA) is 39.5 Å². The molecule has 1 aliphatic heterocycles. The van der Waals surface area contributed by atoms with Crippen LogP contribution in [0.15, 0.2) is 24.3 Å². The zero-order valence-electron chi connectivity index (χ0n) is 13.4. The highest BCUT2D eigenvalue weighted by atomic mass is 16.5. The van der Waals surface area contributed by atoms with Gasteiger partial charge < -0.3 is 9.64 Å². The molecule has 0 aromatic heterocycles. The predicted octanol–water partition coefficient (Wildman–Crippen LogP) is 2.10. The van der Waals surface area contributed by atoms with Crippen molar-refractivity contribution in [2.75, 3.05) is 39.8 Å². The third kappa shape index (κ3) is 4.54. The summed E-state index contributed by atoms with van der Waals surface area (Å²) in [5.41, 5.74) is 2.01. The molecule has 0 bridgehead atoms. The first-order valence-corrected chi connectivity index (χ1v) is 8.24. The molecule has 0 amide bonds. The Kier molecular flexibility index (Phi) is 5.09. The molecule has 0 radical (unpaired) electrons. The van der Waals surface area contributed by atoms with Gasteiger partial charge in [-0.25, -0.2) is 0 Å². The zero-order chi connectivity index (χ0) is 15.4. The van der Waals surface area contributed by atoms with Crippen LogP contribution in [0.5, 0.6) is 0 Å². The standard InChI is InChI=1S/C18H25N3O/c1-20-8-9-22-18(13-20)14-21(12-17-6-7-17)11-16-4-2-15(10-19)3-5-16/h2-5,17-18H,6-9,11-14H2,1H3/t18-/m1/s1. The molecule has 0 unspecified atom stereocenters. The monoisotopic (exact) mass is 299 g/mol. The van der Waals surface area contributed by atoms with Gasteiger partial charge in [0.2, 0.25) is 0 Å². The molecule has 4 nitrogen and oxygen atoms in total. The van der Waals surface area contributed by atoms with E-state index in [9.17, 15) is 0 Å². The Morgan fingerprint density at radius 2 is 2.05 bits per heavy atom. The first-order chi connectivity index (χ1) is 10.7. The van der Waals surface area contributed by atoms with Crippen molar-refractivity contribution in [3.8, 4) is 6.07 Å². The van der Waals surface area contributed by atoms with E-state index in [0.717, 1.165) is 44.3 Å². The highest BCUT2D eigenvalue weighted by Crippen LogP contribution is 2.30. The van der Waals surface area contributed by atoms with Crippen molar-refractivity contribution in [3.05, 3.63) is 35.4 Å². The molecule has 1 aliphatic carbocycles. The Balaban J connectivity index is 1.59. The number of hydrogen-bond donors (Lipinski definition) is 0. The van der Waals surface area contributed by atoms with Crippen LogP contribution in [0.1, 0.15) is 24.0 Å². The quantitative estimate of drug-likeness (QED) is 0.806. The van der Waals surface area contributed by atoms with E-state index in [0.29, 0.717) is 6.10 Å². The van der Waals surface area contributed by atoms with Crippen molar-refractivity contribution in [2.45, 2.75) is 25.5 Å². The van der Waals surface area contributed by atoms with Gasteiger partial charge >= 0.3 is 0 Å². The molecule has 1 aromatic carbocycles. The third-order valence-corrected chi connectivity index (χ3v) is 4.51. The second-order valence-corrected chi connectivity index (χ2v) is 6.70. The van der Waals surface area contributed by atoms with Gasteiger partial charge in [0.05, 0.1) is 24.3 Å². The van der Waals surface area contributed by atoms with Crippen molar-refractivity contribution >= 4 is 0 Å². The average Bonchev–Trinajstić information content (AvgIpc) is 3.32. The maximum atomic E-state index is 8.90. The Morgan fingerprint density at radius 3 is 2.68 bits per heavy atom. The number of rotatable bonds is 6. The Morgan fingerprint density at radius 1 is 1.27 bits per heavy atom. The van der Waals surface area contributed by atoms with Crippen LogP contribution in [0.2, 0.25) is 0 Å². The van der Waals surface area contributed by atoms with Crippen LogP contribution >= 0.6 is 0 Å². The molecule has 1 saturated heterocycles. The number of benzene rings is 1. The Hall–Kier alpha value is -1.41. The normalized spacial score (nSPS) is 22.7. The van der Waals surface area contributed by atoms with Crippen LogP contribution in [0.4, 0.5) is 0 Å². The van der Waals surface area contributed by atoms with Gasteiger partial charge in [-0.3, -0.25) is 4.90 Å². The number of nitrogens with zero attached hydrogens (tertiary/aromatic N) is 3. The molecular weight excluding hydrogens is 274 g/mol. The van der Waals surface area contributed by atoms with Crippen molar-refractivity contribution in [3.63, 3.8) is 0 Å². The predicted molar refractivity (Wildman–Crippen MR) is 86.4 cm³/mol. The first kappa shape index (κ1) is 15.5. The number of likely N-dealkylation sites (N-methyl/N-ethyl adjacent to an activating group) is 1. The molecule has 22 heavy (non-hydrogen) atoms. The fourth-order valence-corrected chi connectivity index (χ4v) is 3.08. The van der Waals surface area contributed by atoms with Gasteiger partial charge in [0, 0.05) is 32.7 Å². The molecule has 1 atom stereocenters. The van der Waals surface area contributed by atoms with Crippen molar-refractivity contribution in [2.24, 2.45) is 5.92 Å². The largest absolute Gasteiger partial charge is 0.374 e. The van der Waals surface area contributed by atoms with E-state index >= 15 is 0 Å². The lowest BCUT2D eigenvalue weighted by atomic mass is 10.1. The lowest BCUT2D eigenvalue weighted by Crippen LogP contribution is -2.46. The fourth-order valence-electron chi connectivity index (χ4n) is 3.08. The van der Waals surface area contributed by atoms with Gasteiger partial charge in [-0.15, -0.1) is 0 Å². The summed E-state index contributed by atoms with van der Waals surface area (Å²) < 4.78 is 5.93. The summed E-state index contributed by atoms with van der Waals surface area (Å²) >= 11 is 0. The van der Waals surface area contributed by atoms with E-state index in [2.05, 4.69) is 35.0 Å². The third-order valence-electron chi connectivity index (χ3n) is 4.51. The van der Waals surface area contributed by atoms with Crippen molar-refractivity contribution < 1.29 is 4.74 Å². The van der Waals surface area contributed by atoms with E-state index in [4.69, 9.17) is 10.00 Å². The number of ether oxygens (including phenoxy) is 1. The number of morpholine rings is 1. The average molecular weight is 299 g/mol. The molecule has 1 saturated carbocycles. The zero-order valence-corrected chi connectivity index (χ0v) is 13.4. The minimum atomic E-state index is 0.316. The van der Waals surface area contributed by atoms with Gasteiger partial charge in [0.15, 0.2) is 0 Å². The second-order valence-electron chi connectivity index (χ2n) is 6.70. The summed E-state index contributed by atoms with van der Waals surface area (Å²) in [6.07, 6.45) is 3.06. The minimum Gasteiger partial charge on any atom is -0.374 e. The van der Waals surface area contributed by atoms with Gasteiger partial charge in [0.1, 0.15) is 0 Å². The van der Waals surface area contributed by atoms with Crippen molar-refractivity contribution in [1.82, 2.24) is 9.80 Å². The minimum absolute atomic E-state index is 0.316. The summed E-state index contributed by atoms with van der Waals surface area (Å²) in [5.74, 6) is 0.875. The van der Waals surface area contributed by atoms with Crippen molar-refractivity contribution in [1.29, 1.82) is 5.26 Å². The highest BCUT2D eigenvalue weighted by molar-refractivity contribution is 5.31. The molecule has 0 spiro atoms. The van der Waals surface area contributed by atoms with Crippen LogP contribution in [0.25, 0.3) is 0 Å². The second kappa shape index (κ2) is 7.23. The van der Waals surface area contributed by atoms with E-state index in [1.54, 1.807) is 0 Å². The van der Waals surface area contributed by atoms with E-state index in [1.165, 1.54) is 24.9 Å². The SMILES string of the molecule is CN1CCO[C@@H](CN(Cc2ccc(C#N)cc2)CC2CC2)C1. The van der Waals surface area contributed by atoms with Gasteiger partial charge in [-0.2, -0.15) is 5.26 Å². The Bertz CT molecular complexity index is 518. The maximum absolute atomic E-state index is 8.90. The summed E-state index contributed by atoms with van der Waals surface area (Å²) in [6, 6.07) is 10.2. The van der Waals surface area contributed by atoms with Gasteiger partial charge in [-0.05, 0) is 43.5 Å². The first-order valence-electron chi connectivity index (χ1n) is 8.24. The van der Waals surface area contributed by atoms with Crippen LogP contribution < -0.4 is 0 Å². The maximum Gasteiger partial charge on any atom is 0.0991 e.